The zero-order valence-corrected chi connectivity index (χ0v) is 16.5. The Balaban J connectivity index is 1.43. The first-order chi connectivity index (χ1) is 13.3. The van der Waals surface area contributed by atoms with Gasteiger partial charge in [0.1, 0.15) is 6.04 Å². The van der Waals surface area contributed by atoms with Gasteiger partial charge in [-0.1, -0.05) is 44.1 Å². The molecule has 28 heavy (non-hydrogen) atoms. The first kappa shape index (κ1) is 18.2. The monoisotopic (exact) mass is 380 g/mol. The van der Waals surface area contributed by atoms with Gasteiger partial charge < -0.3 is 14.7 Å². The molecule has 0 bridgehead atoms. The number of nitrogens with zero attached hydrogens (tertiary/aromatic N) is 5. The van der Waals surface area contributed by atoms with Crippen LogP contribution >= 0.6 is 0 Å². The Kier molecular flexibility index (Phi) is 4.41. The van der Waals surface area contributed by atoms with Crippen LogP contribution in [0.15, 0.2) is 41.1 Å². The highest BCUT2D eigenvalue weighted by atomic mass is 16.5. The molecule has 0 saturated heterocycles. The molecular formula is C20H24N6O2. The predicted octanol–water partition coefficient (Wildman–Crippen LogP) is 3.34. The molecule has 1 aromatic carbocycles. The summed E-state index contributed by atoms with van der Waals surface area (Å²) in [5, 5.41) is 11.4. The number of aromatic nitrogens is 4. The average Bonchev–Trinajstić information content (AvgIpc) is 3.37. The van der Waals surface area contributed by atoms with Gasteiger partial charge in [0.15, 0.2) is 5.82 Å². The lowest BCUT2D eigenvalue weighted by molar-refractivity contribution is 0.191. The lowest BCUT2D eigenvalue weighted by atomic mass is 9.96. The van der Waals surface area contributed by atoms with Crippen molar-refractivity contribution in [3.63, 3.8) is 0 Å². The molecule has 2 aromatic heterocycles. The Morgan fingerprint density at radius 3 is 2.64 bits per heavy atom. The highest BCUT2D eigenvalue weighted by Gasteiger charge is 2.30. The van der Waals surface area contributed by atoms with Crippen molar-refractivity contribution in [1.29, 1.82) is 0 Å². The molecule has 0 spiro atoms. The zero-order chi connectivity index (χ0) is 19.9. The molecular weight excluding hydrogens is 356 g/mol. The van der Waals surface area contributed by atoms with Gasteiger partial charge in [-0.3, -0.25) is 0 Å². The minimum atomic E-state index is -0.370. The summed E-state index contributed by atoms with van der Waals surface area (Å²) in [4.78, 5) is 18.9. The lowest BCUT2D eigenvalue weighted by Gasteiger charge is -2.19. The van der Waals surface area contributed by atoms with Gasteiger partial charge >= 0.3 is 6.03 Å². The third-order valence-corrected chi connectivity index (χ3v) is 4.77. The minimum absolute atomic E-state index is 0.168. The summed E-state index contributed by atoms with van der Waals surface area (Å²) in [5.74, 6) is 1.03. The zero-order valence-electron chi connectivity index (χ0n) is 16.5. The van der Waals surface area contributed by atoms with Gasteiger partial charge in [-0.05, 0) is 19.1 Å². The number of hydrogen-bond donors (Lipinski definition) is 1. The molecule has 1 aliphatic heterocycles. The molecule has 0 radical (unpaired) electrons. The number of urea groups is 1. The van der Waals surface area contributed by atoms with E-state index in [1.165, 1.54) is 0 Å². The molecule has 8 nitrogen and oxygen atoms in total. The predicted molar refractivity (Wildman–Crippen MR) is 103 cm³/mol. The standard InChI is InChI=1S/C20H24N6O2/c1-13(17-23-18(24-28-17)20(2,3)4)22-19(27)25-11-14-10-21-26(16(14)12-25)15-8-6-5-7-9-15/h5-10,13H,11-12H2,1-4H3,(H,22,27). The number of para-hydroxylation sites is 1. The van der Waals surface area contributed by atoms with Gasteiger partial charge in [0.2, 0.25) is 5.89 Å². The molecule has 4 rings (SSSR count). The molecule has 8 heteroatoms. The van der Waals surface area contributed by atoms with E-state index >= 15 is 0 Å². The van der Waals surface area contributed by atoms with Gasteiger partial charge in [0, 0.05) is 11.0 Å². The van der Waals surface area contributed by atoms with Crippen LogP contribution in [-0.2, 0) is 18.5 Å². The topological polar surface area (TPSA) is 89.1 Å². The van der Waals surface area contributed by atoms with Crippen LogP contribution in [0.2, 0.25) is 0 Å². The van der Waals surface area contributed by atoms with Crippen molar-refractivity contribution in [3.05, 3.63) is 59.5 Å². The molecule has 2 amide bonds. The van der Waals surface area contributed by atoms with E-state index in [4.69, 9.17) is 4.52 Å². The highest BCUT2D eigenvalue weighted by Crippen LogP contribution is 2.26. The molecule has 1 N–H and O–H groups in total. The van der Waals surface area contributed by atoms with Crippen LogP contribution in [0.4, 0.5) is 4.79 Å². The molecule has 1 unspecified atom stereocenters. The van der Waals surface area contributed by atoms with Crippen LogP contribution in [0, 0.1) is 0 Å². The number of rotatable bonds is 3. The van der Waals surface area contributed by atoms with Crippen molar-refractivity contribution in [2.45, 2.75) is 52.2 Å². The molecule has 1 atom stereocenters. The SMILES string of the molecule is CC(NC(=O)N1Cc2cnn(-c3ccccc3)c2C1)c1nc(C(C)(C)C)no1. The number of carbonyl (C=O) groups is 1. The maximum absolute atomic E-state index is 12.7. The Hall–Kier alpha value is -3.16. The van der Waals surface area contributed by atoms with E-state index in [2.05, 4.69) is 20.6 Å². The van der Waals surface area contributed by atoms with Crippen molar-refractivity contribution in [2.24, 2.45) is 0 Å². The average molecular weight is 380 g/mol. The van der Waals surface area contributed by atoms with Crippen LogP contribution in [0.1, 0.15) is 56.7 Å². The number of nitrogens with one attached hydrogen (secondary N) is 1. The molecule has 0 aliphatic carbocycles. The third-order valence-electron chi connectivity index (χ3n) is 4.77. The molecule has 0 saturated carbocycles. The number of carbonyl (C=O) groups excluding carboxylic acids is 1. The molecule has 146 valence electrons. The summed E-state index contributed by atoms with van der Waals surface area (Å²) < 4.78 is 7.22. The van der Waals surface area contributed by atoms with Crippen molar-refractivity contribution in [3.8, 4) is 5.69 Å². The Bertz CT molecular complexity index is 986. The Morgan fingerprint density at radius 1 is 1.21 bits per heavy atom. The molecule has 1 aliphatic rings. The van der Waals surface area contributed by atoms with Crippen LogP contribution < -0.4 is 5.32 Å². The smallest absolute Gasteiger partial charge is 0.318 e. The number of fused-ring (bicyclic) bond motifs is 1. The minimum Gasteiger partial charge on any atom is -0.337 e. The van der Waals surface area contributed by atoms with Crippen molar-refractivity contribution in [1.82, 2.24) is 30.1 Å². The summed E-state index contributed by atoms with van der Waals surface area (Å²) in [5.41, 5.74) is 2.87. The number of benzene rings is 1. The van der Waals surface area contributed by atoms with E-state index in [9.17, 15) is 4.79 Å². The van der Waals surface area contributed by atoms with Crippen molar-refractivity contribution < 1.29 is 9.32 Å². The second-order valence-electron chi connectivity index (χ2n) is 8.10. The van der Waals surface area contributed by atoms with Gasteiger partial charge in [0.25, 0.3) is 0 Å². The maximum atomic E-state index is 12.7. The number of hydrogen-bond acceptors (Lipinski definition) is 5. The summed E-state index contributed by atoms with van der Waals surface area (Å²) in [6, 6.07) is 9.38. The molecule has 3 heterocycles. The quantitative estimate of drug-likeness (QED) is 0.753. The largest absolute Gasteiger partial charge is 0.337 e. The van der Waals surface area contributed by atoms with E-state index < -0.39 is 0 Å². The summed E-state index contributed by atoms with van der Waals surface area (Å²) in [7, 11) is 0. The van der Waals surface area contributed by atoms with Crippen LogP contribution in [0.25, 0.3) is 5.69 Å². The van der Waals surface area contributed by atoms with E-state index in [0.29, 0.717) is 24.8 Å². The third kappa shape index (κ3) is 3.37. The summed E-state index contributed by atoms with van der Waals surface area (Å²) in [6.45, 7) is 8.91. The summed E-state index contributed by atoms with van der Waals surface area (Å²) >= 11 is 0. The number of amides is 2. The van der Waals surface area contributed by atoms with Gasteiger partial charge in [0.05, 0.1) is 30.7 Å². The van der Waals surface area contributed by atoms with Crippen molar-refractivity contribution >= 4 is 6.03 Å². The van der Waals surface area contributed by atoms with Gasteiger partial charge in [-0.2, -0.15) is 10.1 Å². The highest BCUT2D eigenvalue weighted by molar-refractivity contribution is 5.75. The lowest BCUT2D eigenvalue weighted by Crippen LogP contribution is -2.38. The van der Waals surface area contributed by atoms with E-state index in [0.717, 1.165) is 16.9 Å². The van der Waals surface area contributed by atoms with Crippen LogP contribution in [-0.4, -0.2) is 30.9 Å². The van der Waals surface area contributed by atoms with Crippen molar-refractivity contribution in [2.75, 3.05) is 0 Å². The van der Waals surface area contributed by atoms with E-state index in [-0.39, 0.29) is 17.5 Å². The maximum Gasteiger partial charge on any atom is 0.318 e. The van der Waals surface area contributed by atoms with E-state index in [1.807, 2.05) is 68.9 Å². The summed E-state index contributed by atoms with van der Waals surface area (Å²) in [6.07, 6.45) is 1.83. The first-order valence-corrected chi connectivity index (χ1v) is 9.33. The fourth-order valence-corrected chi connectivity index (χ4v) is 3.14. The van der Waals surface area contributed by atoms with Gasteiger partial charge in [-0.25, -0.2) is 9.48 Å². The molecule has 0 fully saturated rings. The first-order valence-electron chi connectivity index (χ1n) is 9.33. The van der Waals surface area contributed by atoms with Gasteiger partial charge in [-0.15, -0.1) is 0 Å². The second-order valence-corrected chi connectivity index (χ2v) is 8.10. The Morgan fingerprint density at radius 2 is 1.96 bits per heavy atom. The second kappa shape index (κ2) is 6.78. The molecule has 3 aromatic rings. The fraction of sp³-hybridized carbons (Fsp3) is 0.400. The normalized spacial score (nSPS) is 14.8. The van der Waals surface area contributed by atoms with Crippen LogP contribution in [0.5, 0.6) is 0 Å². The Labute approximate surface area is 163 Å². The van der Waals surface area contributed by atoms with Crippen LogP contribution in [0.3, 0.4) is 0 Å². The van der Waals surface area contributed by atoms with E-state index in [1.54, 1.807) is 4.90 Å². The fourth-order valence-electron chi connectivity index (χ4n) is 3.14.